The molecule has 3 aromatic heterocycles. The minimum absolute atomic E-state index is 0.350. The molecule has 0 fully saturated rings. The van der Waals surface area contributed by atoms with Crippen LogP contribution in [0.25, 0.3) is 21.8 Å². The summed E-state index contributed by atoms with van der Waals surface area (Å²) < 4.78 is 0. The van der Waals surface area contributed by atoms with E-state index in [2.05, 4.69) is 29.5 Å². The molecule has 1 N–H and O–H groups in total. The lowest BCUT2D eigenvalue weighted by Gasteiger charge is -2.13. The molecule has 0 spiro atoms. The summed E-state index contributed by atoms with van der Waals surface area (Å²) in [6, 6.07) is 3.98. The largest absolute Gasteiger partial charge is 0.312 e. The summed E-state index contributed by atoms with van der Waals surface area (Å²) in [5, 5.41) is 6.60. The summed E-state index contributed by atoms with van der Waals surface area (Å²) in [5.41, 5.74) is 4.61. The Kier molecular flexibility index (Phi) is 6.53. The summed E-state index contributed by atoms with van der Waals surface area (Å²) >= 11 is 3.47. The molecule has 0 amide bonds. The SMILES string of the molecule is CC(C)CCCC(=O)Cc1sc2c(c1-c1nc(-c3cccnc3)cs1)CCNC2. The third-order valence-electron chi connectivity index (χ3n) is 5.27. The van der Waals surface area contributed by atoms with Crippen LogP contribution >= 0.6 is 22.7 Å². The fourth-order valence-electron chi connectivity index (χ4n) is 3.77. The quantitative estimate of drug-likeness (QED) is 0.516. The highest BCUT2D eigenvalue weighted by Crippen LogP contribution is 2.41. The second-order valence-electron chi connectivity index (χ2n) is 8.01. The summed E-state index contributed by atoms with van der Waals surface area (Å²) in [5.74, 6) is 1.00. The Morgan fingerprint density at radius 3 is 3.03 bits per heavy atom. The number of hydrogen-bond donors (Lipinski definition) is 1. The maximum Gasteiger partial charge on any atom is 0.138 e. The van der Waals surface area contributed by atoms with Gasteiger partial charge in [0.2, 0.25) is 0 Å². The van der Waals surface area contributed by atoms with Gasteiger partial charge in [-0.3, -0.25) is 9.78 Å². The first-order valence-electron chi connectivity index (χ1n) is 10.3. The maximum absolute atomic E-state index is 12.7. The van der Waals surface area contributed by atoms with Gasteiger partial charge in [-0.1, -0.05) is 20.3 Å². The molecule has 0 aromatic carbocycles. The Morgan fingerprint density at radius 2 is 2.24 bits per heavy atom. The third kappa shape index (κ3) is 4.82. The molecule has 0 saturated heterocycles. The highest BCUT2D eigenvalue weighted by atomic mass is 32.1. The second kappa shape index (κ2) is 9.28. The Bertz CT molecular complexity index is 975. The van der Waals surface area contributed by atoms with Crippen LogP contribution in [0.1, 0.15) is 48.4 Å². The van der Waals surface area contributed by atoms with Crippen LogP contribution in [0.2, 0.25) is 0 Å². The Hall–Kier alpha value is -1.89. The number of rotatable bonds is 8. The number of carbonyl (C=O) groups excluding carboxylic acids is 1. The second-order valence-corrected chi connectivity index (χ2v) is 10.1. The van der Waals surface area contributed by atoms with Crippen molar-refractivity contribution in [3.63, 3.8) is 0 Å². The number of hydrogen-bond acceptors (Lipinski definition) is 6. The fraction of sp³-hybridized carbons (Fsp3) is 0.435. The van der Waals surface area contributed by atoms with Gasteiger partial charge in [-0.2, -0.15) is 0 Å². The van der Waals surface area contributed by atoms with Crippen molar-refractivity contribution in [1.82, 2.24) is 15.3 Å². The molecule has 1 aliphatic rings. The van der Waals surface area contributed by atoms with Gasteiger partial charge in [0, 0.05) is 58.0 Å². The molecule has 6 heteroatoms. The number of nitrogens with zero attached hydrogens (tertiary/aromatic N) is 2. The lowest BCUT2D eigenvalue weighted by molar-refractivity contribution is -0.118. The van der Waals surface area contributed by atoms with E-state index < -0.39 is 0 Å². The molecule has 0 aliphatic carbocycles. The molecular formula is C23H27N3OS2. The zero-order valence-electron chi connectivity index (χ0n) is 17.0. The number of aromatic nitrogens is 2. The minimum Gasteiger partial charge on any atom is -0.312 e. The Morgan fingerprint density at radius 1 is 1.34 bits per heavy atom. The van der Waals surface area contributed by atoms with E-state index in [-0.39, 0.29) is 0 Å². The molecule has 0 radical (unpaired) electrons. The number of fused-ring (bicyclic) bond motifs is 1. The molecule has 29 heavy (non-hydrogen) atoms. The van der Waals surface area contributed by atoms with Gasteiger partial charge < -0.3 is 5.32 Å². The average molecular weight is 426 g/mol. The van der Waals surface area contributed by atoms with E-state index in [1.807, 2.05) is 18.3 Å². The van der Waals surface area contributed by atoms with Crippen molar-refractivity contribution in [3.05, 3.63) is 45.2 Å². The Labute approximate surface area is 180 Å². The van der Waals surface area contributed by atoms with Crippen molar-refractivity contribution in [3.8, 4) is 21.8 Å². The van der Waals surface area contributed by atoms with Crippen LogP contribution in [0.15, 0.2) is 29.9 Å². The van der Waals surface area contributed by atoms with Crippen molar-refractivity contribution >= 4 is 28.5 Å². The molecule has 4 heterocycles. The minimum atomic E-state index is 0.350. The van der Waals surface area contributed by atoms with Gasteiger partial charge in [-0.25, -0.2) is 4.98 Å². The zero-order chi connectivity index (χ0) is 20.2. The fourth-order valence-corrected chi connectivity index (χ4v) is 6.12. The number of pyridine rings is 1. The zero-order valence-corrected chi connectivity index (χ0v) is 18.7. The molecule has 3 aromatic rings. The highest BCUT2D eigenvalue weighted by Gasteiger charge is 2.25. The first-order valence-corrected chi connectivity index (χ1v) is 12.0. The van der Waals surface area contributed by atoms with Crippen LogP contribution in [-0.4, -0.2) is 22.3 Å². The van der Waals surface area contributed by atoms with Crippen molar-refractivity contribution in [2.75, 3.05) is 6.54 Å². The lowest BCUT2D eigenvalue weighted by atomic mass is 9.99. The maximum atomic E-state index is 12.7. The predicted molar refractivity (Wildman–Crippen MR) is 121 cm³/mol. The van der Waals surface area contributed by atoms with E-state index in [1.165, 1.54) is 20.9 Å². The molecule has 4 nitrogen and oxygen atoms in total. The van der Waals surface area contributed by atoms with E-state index in [9.17, 15) is 4.79 Å². The standard InChI is InChI=1S/C23H27N3OS2/c1-15(2)5-3-7-17(27)11-20-22(18-8-10-25-13-21(18)29-20)23-26-19(14-28-23)16-6-4-9-24-12-16/h4,6,9,12,14-15,25H,3,5,7-8,10-11,13H2,1-2H3. The number of nitrogens with one attached hydrogen (secondary N) is 1. The first kappa shape index (κ1) is 20.4. The first-order chi connectivity index (χ1) is 14.1. The van der Waals surface area contributed by atoms with Gasteiger partial charge in [0.05, 0.1) is 5.69 Å². The molecule has 0 unspecified atom stereocenters. The van der Waals surface area contributed by atoms with Gasteiger partial charge in [-0.15, -0.1) is 22.7 Å². The molecule has 0 atom stereocenters. The summed E-state index contributed by atoms with van der Waals surface area (Å²) in [6.45, 7) is 6.31. The molecule has 0 saturated carbocycles. The molecule has 4 rings (SSSR count). The molecule has 1 aliphatic heterocycles. The summed E-state index contributed by atoms with van der Waals surface area (Å²) in [6.07, 6.45) is 7.95. The number of carbonyl (C=O) groups is 1. The molecular weight excluding hydrogens is 398 g/mol. The van der Waals surface area contributed by atoms with Crippen LogP contribution in [-0.2, 0) is 24.2 Å². The number of ketones is 1. The van der Waals surface area contributed by atoms with Crippen LogP contribution in [0.3, 0.4) is 0 Å². The van der Waals surface area contributed by atoms with Crippen molar-refractivity contribution in [1.29, 1.82) is 0 Å². The topological polar surface area (TPSA) is 54.9 Å². The van der Waals surface area contributed by atoms with E-state index >= 15 is 0 Å². The van der Waals surface area contributed by atoms with Gasteiger partial charge in [0.1, 0.15) is 10.8 Å². The number of thiazole rings is 1. The smallest absolute Gasteiger partial charge is 0.138 e. The monoisotopic (exact) mass is 425 g/mol. The Balaban J connectivity index is 1.61. The summed E-state index contributed by atoms with van der Waals surface area (Å²) in [4.78, 5) is 24.4. The van der Waals surface area contributed by atoms with Crippen LogP contribution < -0.4 is 5.32 Å². The van der Waals surface area contributed by atoms with Gasteiger partial charge in [0.15, 0.2) is 0 Å². The third-order valence-corrected chi connectivity index (χ3v) is 7.36. The predicted octanol–water partition coefficient (Wildman–Crippen LogP) is 5.52. The molecule has 0 bridgehead atoms. The lowest BCUT2D eigenvalue weighted by Crippen LogP contribution is -2.22. The van der Waals surface area contributed by atoms with Crippen LogP contribution in [0.4, 0.5) is 0 Å². The van der Waals surface area contributed by atoms with Crippen LogP contribution in [0, 0.1) is 5.92 Å². The average Bonchev–Trinajstić information content (AvgIpc) is 3.32. The molecule has 152 valence electrons. The van der Waals surface area contributed by atoms with Crippen LogP contribution in [0.5, 0.6) is 0 Å². The van der Waals surface area contributed by atoms with Gasteiger partial charge in [0.25, 0.3) is 0 Å². The van der Waals surface area contributed by atoms with E-state index in [4.69, 9.17) is 4.98 Å². The van der Waals surface area contributed by atoms with E-state index in [1.54, 1.807) is 28.9 Å². The van der Waals surface area contributed by atoms with Crippen molar-refractivity contribution in [2.24, 2.45) is 5.92 Å². The van der Waals surface area contributed by atoms with Gasteiger partial charge >= 0.3 is 0 Å². The number of thiophene rings is 1. The van der Waals surface area contributed by atoms with E-state index in [0.29, 0.717) is 24.5 Å². The van der Waals surface area contributed by atoms with Crippen molar-refractivity contribution in [2.45, 2.75) is 52.5 Å². The van der Waals surface area contributed by atoms with Crippen molar-refractivity contribution < 1.29 is 4.79 Å². The number of Topliss-reactive ketones (excluding diaryl/α,β-unsaturated/α-hetero) is 1. The summed E-state index contributed by atoms with van der Waals surface area (Å²) in [7, 11) is 0. The van der Waals surface area contributed by atoms with E-state index in [0.717, 1.165) is 48.6 Å². The highest BCUT2D eigenvalue weighted by molar-refractivity contribution is 7.15. The normalized spacial score (nSPS) is 13.6. The van der Waals surface area contributed by atoms with Gasteiger partial charge in [-0.05, 0) is 43.0 Å².